The molecule has 0 atom stereocenters. The van der Waals surface area contributed by atoms with Gasteiger partial charge in [-0.15, -0.1) is 0 Å². The van der Waals surface area contributed by atoms with Crippen LogP contribution >= 0.6 is 0 Å². The van der Waals surface area contributed by atoms with Crippen LogP contribution in [0.3, 0.4) is 0 Å². The van der Waals surface area contributed by atoms with Gasteiger partial charge in [0.15, 0.2) is 0 Å². The predicted molar refractivity (Wildman–Crippen MR) is 73.6 cm³/mol. The van der Waals surface area contributed by atoms with E-state index in [1.54, 1.807) is 13.8 Å². The number of ether oxygens (including phenoxy) is 1. The summed E-state index contributed by atoms with van der Waals surface area (Å²) in [4.78, 5) is 41.0. The van der Waals surface area contributed by atoms with E-state index < -0.39 is 17.7 Å². The van der Waals surface area contributed by atoms with Gasteiger partial charge in [0, 0.05) is 0 Å². The third kappa shape index (κ3) is 8.19. The summed E-state index contributed by atoms with van der Waals surface area (Å²) in [5, 5.41) is 0. The first-order valence-corrected chi connectivity index (χ1v) is 6.67. The Morgan fingerprint density at radius 1 is 1.05 bits per heavy atom. The molecular formula is C14H24O7. The van der Waals surface area contributed by atoms with Gasteiger partial charge in [0.05, 0.1) is 11.7 Å². The molecule has 0 aliphatic heterocycles. The zero-order valence-corrected chi connectivity index (χ0v) is 13.6. The highest BCUT2D eigenvalue weighted by molar-refractivity contribution is 5.87. The van der Waals surface area contributed by atoms with Crippen LogP contribution in [0.1, 0.15) is 48.5 Å². The van der Waals surface area contributed by atoms with E-state index in [1.807, 2.05) is 27.7 Å². The fourth-order valence-corrected chi connectivity index (χ4v) is 0.714. The second kappa shape index (κ2) is 8.51. The van der Waals surface area contributed by atoms with Crippen molar-refractivity contribution in [2.75, 3.05) is 0 Å². The molecule has 0 heterocycles. The van der Waals surface area contributed by atoms with Crippen molar-refractivity contribution in [2.24, 2.45) is 5.92 Å². The molecule has 0 aromatic carbocycles. The first-order chi connectivity index (χ1) is 9.56. The highest BCUT2D eigenvalue weighted by atomic mass is 17.2. The summed E-state index contributed by atoms with van der Waals surface area (Å²) in [7, 11) is 0. The van der Waals surface area contributed by atoms with Gasteiger partial charge in [0.1, 0.15) is 11.9 Å². The van der Waals surface area contributed by atoms with Crippen molar-refractivity contribution in [1.82, 2.24) is 0 Å². The molecule has 0 N–H and O–H groups in total. The molecular weight excluding hydrogens is 280 g/mol. The smallest absolute Gasteiger partial charge is 0.429 e. The predicted octanol–water partition coefficient (Wildman–Crippen LogP) is 3.29. The molecule has 0 aromatic heterocycles. The molecule has 0 rings (SSSR count). The molecule has 7 nitrogen and oxygen atoms in total. The highest BCUT2D eigenvalue weighted by Gasteiger charge is 2.25. The molecule has 0 radical (unpaired) electrons. The van der Waals surface area contributed by atoms with Crippen molar-refractivity contribution in [2.45, 2.75) is 60.2 Å². The van der Waals surface area contributed by atoms with Crippen LogP contribution in [0.25, 0.3) is 0 Å². The van der Waals surface area contributed by atoms with Crippen molar-refractivity contribution in [3.63, 3.8) is 0 Å². The van der Waals surface area contributed by atoms with Crippen LogP contribution in [0.2, 0.25) is 0 Å². The van der Waals surface area contributed by atoms with Gasteiger partial charge in [-0.25, -0.2) is 14.6 Å². The van der Waals surface area contributed by atoms with E-state index in [9.17, 15) is 9.59 Å². The molecule has 7 heteroatoms. The molecule has 21 heavy (non-hydrogen) atoms. The maximum absolute atomic E-state index is 11.5. The monoisotopic (exact) mass is 304 g/mol. The highest BCUT2D eigenvalue weighted by Crippen LogP contribution is 2.20. The molecule has 0 fully saturated rings. The Hall–Kier alpha value is -1.76. The minimum atomic E-state index is -1.09. The molecule has 0 spiro atoms. The lowest BCUT2D eigenvalue weighted by Crippen LogP contribution is -2.30. The minimum absolute atomic E-state index is 0.0619. The van der Waals surface area contributed by atoms with Crippen molar-refractivity contribution in [3.8, 4) is 0 Å². The Balaban J connectivity index is 4.20. The van der Waals surface area contributed by atoms with Gasteiger partial charge < -0.3 is 9.62 Å². The maximum Gasteiger partial charge on any atom is 0.550 e. The molecule has 0 aliphatic rings. The zero-order valence-electron chi connectivity index (χ0n) is 13.6. The Labute approximate surface area is 125 Å². The molecule has 0 bridgehead atoms. The Morgan fingerprint density at radius 3 is 2.10 bits per heavy atom. The fraction of sp³-hybridized carbons (Fsp3) is 0.714. The number of hydrogen-bond donors (Lipinski definition) is 0. The van der Waals surface area contributed by atoms with Crippen LogP contribution in [0.15, 0.2) is 11.8 Å². The SMILES string of the molecule is CC(=COOC(C)(C)C(C)C)C(=O)OOC(=O)OC(C)C. The maximum atomic E-state index is 11.5. The van der Waals surface area contributed by atoms with Crippen molar-refractivity contribution in [3.05, 3.63) is 11.8 Å². The standard InChI is InChI=1S/C14H24O7/c1-9(2)14(6,7)21-17-8-11(5)12(15)19-20-13(16)18-10(3)4/h8-10H,1-7H3. The van der Waals surface area contributed by atoms with Gasteiger partial charge in [-0.05, 0) is 40.5 Å². The van der Waals surface area contributed by atoms with Crippen LogP contribution in [0.5, 0.6) is 0 Å². The van der Waals surface area contributed by atoms with Crippen LogP contribution in [-0.4, -0.2) is 23.8 Å². The van der Waals surface area contributed by atoms with Crippen LogP contribution < -0.4 is 0 Å². The summed E-state index contributed by atoms with van der Waals surface area (Å²) in [5.41, 5.74) is -0.454. The molecule has 0 aliphatic carbocycles. The van der Waals surface area contributed by atoms with E-state index in [2.05, 4.69) is 14.5 Å². The second-order valence-corrected chi connectivity index (χ2v) is 5.61. The van der Waals surface area contributed by atoms with Crippen molar-refractivity contribution in [1.29, 1.82) is 0 Å². The lowest BCUT2D eigenvalue weighted by atomic mass is 9.95. The third-order valence-electron chi connectivity index (χ3n) is 2.72. The Morgan fingerprint density at radius 2 is 1.62 bits per heavy atom. The average Bonchev–Trinajstić information content (AvgIpc) is 2.34. The van der Waals surface area contributed by atoms with E-state index in [1.165, 1.54) is 6.92 Å². The van der Waals surface area contributed by atoms with Gasteiger partial charge in [-0.1, -0.05) is 13.8 Å². The van der Waals surface area contributed by atoms with Crippen LogP contribution in [0.4, 0.5) is 4.79 Å². The number of carbonyl (C=O) groups is 2. The average molecular weight is 304 g/mol. The van der Waals surface area contributed by atoms with E-state index in [4.69, 9.17) is 9.78 Å². The molecule has 0 unspecified atom stereocenters. The van der Waals surface area contributed by atoms with E-state index >= 15 is 0 Å². The first-order valence-electron chi connectivity index (χ1n) is 6.67. The van der Waals surface area contributed by atoms with E-state index in [-0.39, 0.29) is 17.6 Å². The summed E-state index contributed by atoms with van der Waals surface area (Å²) in [5.74, 6) is -0.672. The molecule has 0 saturated carbocycles. The summed E-state index contributed by atoms with van der Waals surface area (Å²) in [6.45, 7) is 12.3. The molecule has 122 valence electrons. The summed E-state index contributed by atoms with van der Waals surface area (Å²) < 4.78 is 4.62. The lowest BCUT2D eigenvalue weighted by molar-refractivity contribution is -0.327. The third-order valence-corrected chi connectivity index (χ3v) is 2.72. The molecule has 0 amide bonds. The van der Waals surface area contributed by atoms with Gasteiger partial charge in [-0.3, -0.25) is 0 Å². The first kappa shape index (κ1) is 19.2. The largest absolute Gasteiger partial charge is 0.550 e. The number of hydrogen-bond acceptors (Lipinski definition) is 7. The summed E-state index contributed by atoms with van der Waals surface area (Å²) in [6.07, 6.45) is -0.393. The van der Waals surface area contributed by atoms with Gasteiger partial charge in [-0.2, -0.15) is 9.68 Å². The van der Waals surface area contributed by atoms with Gasteiger partial charge in [0.25, 0.3) is 0 Å². The van der Waals surface area contributed by atoms with Crippen molar-refractivity contribution < 1.29 is 33.9 Å². The van der Waals surface area contributed by atoms with Crippen molar-refractivity contribution >= 4 is 12.1 Å². The molecule has 0 aromatic rings. The lowest BCUT2D eigenvalue weighted by Gasteiger charge is -2.26. The van der Waals surface area contributed by atoms with Crippen LogP contribution in [-0.2, 0) is 29.1 Å². The fourth-order valence-electron chi connectivity index (χ4n) is 0.714. The summed E-state index contributed by atoms with van der Waals surface area (Å²) in [6, 6.07) is 0. The topological polar surface area (TPSA) is 80.3 Å². The number of rotatable bonds is 6. The normalized spacial score (nSPS) is 12.3. The Bertz CT molecular complexity index is 383. The Kier molecular flexibility index (Phi) is 7.80. The molecule has 0 saturated heterocycles. The van der Waals surface area contributed by atoms with Crippen LogP contribution in [0, 0.1) is 5.92 Å². The zero-order chi connectivity index (χ0) is 16.6. The minimum Gasteiger partial charge on any atom is -0.429 e. The van der Waals surface area contributed by atoms with Gasteiger partial charge in [0.2, 0.25) is 0 Å². The van der Waals surface area contributed by atoms with Gasteiger partial charge >= 0.3 is 12.1 Å². The summed E-state index contributed by atoms with van der Waals surface area (Å²) >= 11 is 0. The van der Waals surface area contributed by atoms with E-state index in [0.29, 0.717) is 0 Å². The van der Waals surface area contributed by atoms with E-state index in [0.717, 1.165) is 6.26 Å². The quantitative estimate of drug-likeness (QED) is 0.245. The number of carbonyl (C=O) groups excluding carboxylic acids is 2. The second-order valence-electron chi connectivity index (χ2n) is 5.61.